The van der Waals surface area contributed by atoms with Crippen molar-refractivity contribution in [2.45, 2.75) is 6.18 Å². The van der Waals surface area contributed by atoms with Gasteiger partial charge in [-0.05, 0) is 30.3 Å². The minimum atomic E-state index is -4.55. The molecule has 112 valence electrons. The van der Waals surface area contributed by atoms with Crippen molar-refractivity contribution in [1.29, 1.82) is 5.26 Å². The van der Waals surface area contributed by atoms with Crippen LogP contribution in [0.25, 0.3) is 0 Å². The van der Waals surface area contributed by atoms with E-state index in [1.54, 1.807) is 6.07 Å². The molecule has 0 fully saturated rings. The quantitative estimate of drug-likeness (QED) is 0.911. The van der Waals surface area contributed by atoms with Gasteiger partial charge in [0.15, 0.2) is 0 Å². The van der Waals surface area contributed by atoms with Crippen molar-refractivity contribution in [1.82, 2.24) is 4.98 Å². The molecule has 0 unspecified atom stereocenters. The third kappa shape index (κ3) is 3.54. The first kappa shape index (κ1) is 15.8. The van der Waals surface area contributed by atoms with Gasteiger partial charge in [-0.2, -0.15) is 18.4 Å². The Balaban J connectivity index is 2.30. The van der Waals surface area contributed by atoms with Gasteiger partial charge < -0.3 is 5.32 Å². The first-order valence-electron chi connectivity index (χ1n) is 5.85. The number of halogens is 4. The number of aromatic nitrogens is 1. The topological polar surface area (TPSA) is 65.8 Å². The molecule has 1 heterocycles. The summed E-state index contributed by atoms with van der Waals surface area (Å²) in [5.41, 5.74) is -1.00. The van der Waals surface area contributed by atoms with Crippen LogP contribution in [0, 0.1) is 11.3 Å². The first-order chi connectivity index (χ1) is 10.3. The van der Waals surface area contributed by atoms with Crippen LogP contribution in [0.4, 0.5) is 18.9 Å². The van der Waals surface area contributed by atoms with Crippen LogP contribution in [-0.4, -0.2) is 10.9 Å². The largest absolute Gasteiger partial charge is 0.416 e. The molecule has 0 atom stereocenters. The van der Waals surface area contributed by atoms with Crippen LogP contribution in [0.5, 0.6) is 0 Å². The van der Waals surface area contributed by atoms with Gasteiger partial charge in [-0.1, -0.05) is 11.6 Å². The Morgan fingerprint density at radius 3 is 2.64 bits per heavy atom. The maximum atomic E-state index is 12.7. The van der Waals surface area contributed by atoms with Gasteiger partial charge in [0.05, 0.1) is 16.3 Å². The Morgan fingerprint density at radius 2 is 2.00 bits per heavy atom. The van der Waals surface area contributed by atoms with E-state index in [4.69, 9.17) is 16.9 Å². The number of nitrogens with one attached hydrogen (secondary N) is 1. The van der Waals surface area contributed by atoms with Crippen molar-refractivity contribution in [2.75, 3.05) is 5.32 Å². The average molecular weight is 326 g/mol. The number of carbonyl (C=O) groups excluding carboxylic acids is 1. The first-order valence-corrected chi connectivity index (χ1v) is 6.23. The predicted octanol–water partition coefficient (Wildman–Crippen LogP) is 3.88. The molecule has 0 radical (unpaired) electrons. The van der Waals surface area contributed by atoms with E-state index in [1.807, 2.05) is 0 Å². The summed E-state index contributed by atoms with van der Waals surface area (Å²) >= 11 is 5.79. The number of nitrogens with zero attached hydrogens (tertiary/aromatic N) is 2. The van der Waals surface area contributed by atoms with Crippen LogP contribution in [0.15, 0.2) is 36.5 Å². The van der Waals surface area contributed by atoms with Gasteiger partial charge in [-0.15, -0.1) is 0 Å². The second kappa shape index (κ2) is 6.03. The highest BCUT2D eigenvalue weighted by molar-refractivity contribution is 6.34. The van der Waals surface area contributed by atoms with Gasteiger partial charge >= 0.3 is 6.18 Å². The van der Waals surface area contributed by atoms with E-state index >= 15 is 0 Å². The van der Waals surface area contributed by atoms with Gasteiger partial charge in [0.25, 0.3) is 5.91 Å². The Kier molecular flexibility index (Phi) is 4.33. The molecular weight excluding hydrogens is 319 g/mol. The fourth-order valence-electron chi connectivity index (χ4n) is 1.62. The molecule has 0 spiro atoms. The summed E-state index contributed by atoms with van der Waals surface area (Å²) in [6.07, 6.45) is -3.30. The lowest BCUT2D eigenvalue weighted by Gasteiger charge is -2.11. The molecule has 0 aliphatic carbocycles. The van der Waals surface area contributed by atoms with Crippen molar-refractivity contribution in [3.05, 3.63) is 58.4 Å². The monoisotopic (exact) mass is 325 g/mol. The van der Waals surface area contributed by atoms with Crippen molar-refractivity contribution in [3.63, 3.8) is 0 Å². The van der Waals surface area contributed by atoms with Crippen LogP contribution in [0.2, 0.25) is 5.02 Å². The van der Waals surface area contributed by atoms with E-state index in [-0.39, 0.29) is 22.0 Å². The number of hydrogen-bond acceptors (Lipinski definition) is 3. The van der Waals surface area contributed by atoms with E-state index in [9.17, 15) is 18.0 Å². The van der Waals surface area contributed by atoms with Crippen LogP contribution >= 0.6 is 11.6 Å². The average Bonchev–Trinajstić information content (AvgIpc) is 2.48. The number of pyridine rings is 1. The minimum absolute atomic E-state index is 0.0165. The molecule has 1 aromatic heterocycles. The fourth-order valence-corrected chi connectivity index (χ4v) is 1.79. The maximum Gasteiger partial charge on any atom is 0.416 e. The molecule has 2 rings (SSSR count). The summed E-state index contributed by atoms with van der Waals surface area (Å²) in [4.78, 5) is 15.7. The lowest BCUT2D eigenvalue weighted by molar-refractivity contribution is -0.137. The van der Waals surface area contributed by atoms with Gasteiger partial charge in [-0.25, -0.2) is 4.98 Å². The smallest absolute Gasteiger partial charge is 0.321 e. The van der Waals surface area contributed by atoms with Gasteiger partial charge in [0.1, 0.15) is 11.8 Å². The van der Waals surface area contributed by atoms with Gasteiger partial charge in [0, 0.05) is 11.8 Å². The van der Waals surface area contributed by atoms with Crippen LogP contribution in [0.1, 0.15) is 21.6 Å². The van der Waals surface area contributed by atoms with E-state index in [0.717, 1.165) is 18.2 Å². The van der Waals surface area contributed by atoms with Gasteiger partial charge in [0.2, 0.25) is 0 Å². The molecule has 4 nitrogen and oxygen atoms in total. The molecule has 0 saturated carbocycles. The Bertz CT molecular complexity index is 769. The minimum Gasteiger partial charge on any atom is -0.321 e. The lowest BCUT2D eigenvalue weighted by atomic mass is 10.1. The zero-order valence-electron chi connectivity index (χ0n) is 10.8. The molecule has 2 aromatic rings. The highest BCUT2D eigenvalue weighted by Crippen LogP contribution is 2.33. The summed E-state index contributed by atoms with van der Waals surface area (Å²) < 4.78 is 38.0. The number of carbonyl (C=O) groups is 1. The Morgan fingerprint density at radius 1 is 1.27 bits per heavy atom. The number of hydrogen-bond donors (Lipinski definition) is 1. The Labute approximate surface area is 128 Å². The summed E-state index contributed by atoms with van der Waals surface area (Å²) in [5, 5.41) is 11.0. The van der Waals surface area contributed by atoms with Crippen LogP contribution in [0.3, 0.4) is 0 Å². The van der Waals surface area contributed by atoms with E-state index in [0.29, 0.717) is 0 Å². The van der Waals surface area contributed by atoms with E-state index in [2.05, 4.69) is 10.3 Å². The second-order valence-electron chi connectivity index (χ2n) is 4.19. The molecule has 1 aromatic carbocycles. The van der Waals surface area contributed by atoms with Crippen molar-refractivity contribution in [2.24, 2.45) is 0 Å². The SMILES string of the molecule is N#Cc1cc(C(=O)Nc2cc(C(F)(F)F)ccc2Cl)ccn1. The van der Waals surface area contributed by atoms with E-state index in [1.165, 1.54) is 18.3 Å². The molecule has 8 heteroatoms. The predicted molar refractivity (Wildman–Crippen MR) is 73.4 cm³/mol. The molecule has 0 saturated heterocycles. The zero-order chi connectivity index (χ0) is 16.3. The number of rotatable bonds is 2. The highest BCUT2D eigenvalue weighted by atomic mass is 35.5. The number of anilines is 1. The molecule has 0 aliphatic heterocycles. The highest BCUT2D eigenvalue weighted by Gasteiger charge is 2.31. The number of alkyl halides is 3. The van der Waals surface area contributed by atoms with Crippen molar-refractivity contribution >= 4 is 23.2 Å². The molecular formula is C14H7ClF3N3O. The maximum absolute atomic E-state index is 12.7. The van der Waals surface area contributed by atoms with Crippen LogP contribution in [-0.2, 0) is 6.18 Å². The number of benzene rings is 1. The summed E-state index contributed by atoms with van der Waals surface area (Å²) in [6.45, 7) is 0. The van der Waals surface area contributed by atoms with Gasteiger partial charge in [-0.3, -0.25) is 4.79 Å². The standard InChI is InChI=1S/C14H7ClF3N3O/c15-11-2-1-9(14(16,17)18)6-12(11)21-13(22)8-3-4-20-10(5-8)7-19/h1-6H,(H,21,22). The Hall–Kier alpha value is -2.59. The molecule has 0 bridgehead atoms. The third-order valence-corrected chi connectivity index (χ3v) is 3.01. The molecule has 22 heavy (non-hydrogen) atoms. The second-order valence-corrected chi connectivity index (χ2v) is 4.60. The fraction of sp³-hybridized carbons (Fsp3) is 0.0714. The summed E-state index contributed by atoms with van der Waals surface area (Å²) in [6, 6.07) is 6.92. The third-order valence-electron chi connectivity index (χ3n) is 2.68. The van der Waals surface area contributed by atoms with Crippen molar-refractivity contribution in [3.8, 4) is 6.07 Å². The van der Waals surface area contributed by atoms with Crippen molar-refractivity contribution < 1.29 is 18.0 Å². The summed E-state index contributed by atoms with van der Waals surface area (Å²) in [7, 11) is 0. The zero-order valence-corrected chi connectivity index (χ0v) is 11.5. The molecule has 1 N–H and O–H groups in total. The number of amides is 1. The number of nitriles is 1. The lowest BCUT2D eigenvalue weighted by Crippen LogP contribution is -2.14. The normalized spacial score (nSPS) is 10.9. The summed E-state index contributed by atoms with van der Waals surface area (Å²) in [5.74, 6) is -0.694. The molecule has 1 amide bonds. The van der Waals surface area contributed by atoms with Crippen LogP contribution < -0.4 is 5.32 Å². The molecule has 0 aliphatic rings. The van der Waals surface area contributed by atoms with E-state index < -0.39 is 17.6 Å².